The molecule has 9 rings (SSSR count). The number of fused-ring (bicyclic) bond motifs is 4. The van der Waals surface area contributed by atoms with Crippen molar-refractivity contribution in [1.29, 1.82) is 0 Å². The molecule has 6 aromatic carbocycles. The van der Waals surface area contributed by atoms with E-state index in [0.717, 1.165) is 51.1 Å². The molecule has 12 heteroatoms. The zero-order valence-electron chi connectivity index (χ0n) is 34.4. The van der Waals surface area contributed by atoms with Crippen LogP contribution < -0.4 is 24.7 Å². The van der Waals surface area contributed by atoms with Crippen LogP contribution in [0.1, 0.15) is 60.5 Å². The predicted molar refractivity (Wildman–Crippen MR) is 266 cm³/mol. The SMILES string of the molecule is COc1ccc(COc2cccc3c2-c2nc(N)nc(-c4ccccc4)c2C3=O)cc1.COc1ccc(COc2cccc3c2C(=O)CC3)cc1.Cc1ccc(CBr)cc1.II. The number of Topliss-reactive ketones (excluding diaryl/α,β-unsaturated/α-hetero) is 1. The summed E-state index contributed by atoms with van der Waals surface area (Å²) in [5.74, 6) is 3.06. The number of methoxy groups -OCH3 is 2. The molecule has 0 fully saturated rings. The van der Waals surface area contributed by atoms with E-state index in [9.17, 15) is 9.59 Å². The first-order valence-electron chi connectivity index (χ1n) is 19.6. The monoisotopic (exact) mass is 1120 g/mol. The van der Waals surface area contributed by atoms with Crippen molar-refractivity contribution in [2.75, 3.05) is 20.0 Å². The molecule has 0 atom stereocenters. The maximum Gasteiger partial charge on any atom is 0.221 e. The first-order valence-corrected chi connectivity index (χ1v) is 27.0. The van der Waals surface area contributed by atoms with Gasteiger partial charge < -0.3 is 24.7 Å². The van der Waals surface area contributed by atoms with Crippen molar-refractivity contribution in [1.82, 2.24) is 9.97 Å². The fourth-order valence-corrected chi connectivity index (χ4v) is 7.31. The highest BCUT2D eigenvalue weighted by Gasteiger charge is 2.35. The molecular formula is C50H44BrI2N3O6. The van der Waals surface area contributed by atoms with Crippen molar-refractivity contribution in [3.05, 3.63) is 184 Å². The zero-order chi connectivity index (χ0) is 44.0. The molecule has 62 heavy (non-hydrogen) atoms. The summed E-state index contributed by atoms with van der Waals surface area (Å²) in [6.07, 6.45) is 1.42. The van der Waals surface area contributed by atoms with Crippen molar-refractivity contribution in [3.63, 3.8) is 0 Å². The lowest BCUT2D eigenvalue weighted by Crippen LogP contribution is -2.05. The number of nitrogen functional groups attached to an aromatic ring is 1. The van der Waals surface area contributed by atoms with E-state index in [1.165, 1.54) is 11.1 Å². The van der Waals surface area contributed by atoms with E-state index >= 15 is 0 Å². The molecule has 9 nitrogen and oxygen atoms in total. The highest BCUT2D eigenvalue weighted by Crippen LogP contribution is 2.45. The van der Waals surface area contributed by atoms with E-state index in [-0.39, 0.29) is 17.5 Å². The van der Waals surface area contributed by atoms with Gasteiger partial charge in [-0.15, -0.1) is 0 Å². The van der Waals surface area contributed by atoms with Gasteiger partial charge >= 0.3 is 0 Å². The zero-order valence-corrected chi connectivity index (χ0v) is 40.3. The Labute approximate surface area is 393 Å². The predicted octanol–water partition coefficient (Wildman–Crippen LogP) is 12.6. The maximum atomic E-state index is 13.3. The molecule has 1 aromatic heterocycles. The second-order valence-electron chi connectivity index (χ2n) is 14.1. The van der Waals surface area contributed by atoms with E-state index in [1.807, 2.05) is 109 Å². The summed E-state index contributed by atoms with van der Waals surface area (Å²) < 4.78 is 22.2. The highest BCUT2D eigenvalue weighted by atomic mass is 128. The third-order valence-corrected chi connectivity index (χ3v) is 10.8. The average molecular weight is 1120 g/mol. The van der Waals surface area contributed by atoms with Crippen molar-refractivity contribution in [2.45, 2.75) is 38.3 Å². The number of anilines is 1. The Morgan fingerprint density at radius 3 is 1.69 bits per heavy atom. The number of alkyl halides is 1. The lowest BCUT2D eigenvalue weighted by atomic mass is 10.0. The van der Waals surface area contributed by atoms with Crippen LogP contribution in [0.2, 0.25) is 0 Å². The Balaban J connectivity index is 0.000000176. The number of aryl methyl sites for hydroxylation is 2. The van der Waals surface area contributed by atoms with Crippen LogP contribution >= 0.6 is 53.2 Å². The molecule has 0 spiro atoms. The fourth-order valence-electron chi connectivity index (χ4n) is 6.94. The van der Waals surface area contributed by atoms with E-state index < -0.39 is 0 Å². The van der Waals surface area contributed by atoms with Crippen LogP contribution in [0.15, 0.2) is 140 Å². The van der Waals surface area contributed by atoms with Gasteiger partial charge in [0.2, 0.25) is 5.95 Å². The molecule has 2 N–H and O–H groups in total. The number of aromatic nitrogens is 2. The van der Waals surface area contributed by atoms with Crippen LogP contribution in [0, 0.1) is 6.92 Å². The van der Waals surface area contributed by atoms with Gasteiger partial charge in [0, 0.05) is 60.1 Å². The number of nitrogens with two attached hydrogens (primary N) is 1. The third-order valence-electron chi connectivity index (χ3n) is 10.1. The molecule has 7 aromatic rings. The average Bonchev–Trinajstić information content (AvgIpc) is 3.85. The summed E-state index contributed by atoms with van der Waals surface area (Å²) in [4.78, 5) is 34.0. The second-order valence-corrected chi connectivity index (χ2v) is 14.7. The van der Waals surface area contributed by atoms with Crippen LogP contribution in [0.4, 0.5) is 5.95 Å². The number of benzene rings is 6. The lowest BCUT2D eigenvalue weighted by Gasteiger charge is -2.12. The quantitative estimate of drug-likeness (QED) is 0.105. The summed E-state index contributed by atoms with van der Waals surface area (Å²) in [7, 11) is 3.27. The van der Waals surface area contributed by atoms with E-state index in [2.05, 4.69) is 94.3 Å². The minimum absolute atomic E-state index is 0.114. The Morgan fingerprint density at radius 1 is 0.597 bits per heavy atom. The van der Waals surface area contributed by atoms with E-state index in [0.29, 0.717) is 59.2 Å². The number of hydrogen-bond donors (Lipinski definition) is 1. The Kier molecular flexibility index (Phi) is 16.9. The highest BCUT2D eigenvalue weighted by molar-refractivity contribution is 15.0. The van der Waals surface area contributed by atoms with Crippen molar-refractivity contribution in [3.8, 4) is 45.5 Å². The number of hydrogen-bond acceptors (Lipinski definition) is 9. The van der Waals surface area contributed by atoms with Crippen molar-refractivity contribution in [2.24, 2.45) is 0 Å². The molecule has 0 saturated carbocycles. The van der Waals surface area contributed by atoms with Crippen molar-refractivity contribution >= 4 is 70.7 Å². The van der Waals surface area contributed by atoms with Gasteiger partial charge in [-0.25, -0.2) is 9.97 Å². The largest absolute Gasteiger partial charge is 0.497 e. The summed E-state index contributed by atoms with van der Waals surface area (Å²) in [5, 5.41) is 0.952. The molecule has 0 amide bonds. The van der Waals surface area contributed by atoms with Gasteiger partial charge in [-0.3, -0.25) is 9.59 Å². The molecule has 0 aliphatic heterocycles. The van der Waals surface area contributed by atoms with Gasteiger partial charge in [0.15, 0.2) is 11.6 Å². The molecule has 0 unspecified atom stereocenters. The van der Waals surface area contributed by atoms with Gasteiger partial charge in [-0.2, -0.15) is 0 Å². The van der Waals surface area contributed by atoms with Gasteiger partial charge in [0.1, 0.15) is 36.2 Å². The molecule has 0 saturated heterocycles. The minimum Gasteiger partial charge on any atom is -0.497 e. The number of ether oxygens (including phenoxy) is 4. The van der Waals surface area contributed by atoms with Crippen LogP contribution in [-0.2, 0) is 25.0 Å². The number of rotatable bonds is 10. The fraction of sp³-hybridized carbons (Fsp3) is 0.160. The van der Waals surface area contributed by atoms with Crippen LogP contribution in [-0.4, -0.2) is 35.8 Å². The van der Waals surface area contributed by atoms with Crippen LogP contribution in [0.25, 0.3) is 22.5 Å². The van der Waals surface area contributed by atoms with Crippen LogP contribution in [0.3, 0.4) is 0 Å². The number of halogens is 3. The smallest absolute Gasteiger partial charge is 0.221 e. The molecular weight excluding hydrogens is 1070 g/mol. The second kappa shape index (κ2) is 22.7. The molecule has 1 heterocycles. The van der Waals surface area contributed by atoms with E-state index in [1.54, 1.807) is 20.3 Å². The van der Waals surface area contributed by atoms with Crippen LogP contribution in [0.5, 0.6) is 23.0 Å². The summed E-state index contributed by atoms with van der Waals surface area (Å²) >= 11 is 7.62. The topological polar surface area (TPSA) is 123 Å². The van der Waals surface area contributed by atoms with Gasteiger partial charge in [-0.05, 0) is 72.0 Å². The molecule has 2 aliphatic carbocycles. The Morgan fingerprint density at radius 2 is 1.13 bits per heavy atom. The van der Waals surface area contributed by atoms with Gasteiger partial charge in [0.05, 0.1) is 42.3 Å². The Hall–Kier alpha value is -5.32. The third kappa shape index (κ3) is 11.4. The van der Waals surface area contributed by atoms with Gasteiger partial charge in [-0.1, -0.05) is 125 Å². The Bertz CT molecular complexity index is 2610. The molecule has 0 radical (unpaired) electrons. The maximum absolute atomic E-state index is 13.3. The molecule has 316 valence electrons. The first-order chi connectivity index (χ1) is 30.3. The summed E-state index contributed by atoms with van der Waals surface area (Å²) in [6, 6.07) is 44.6. The molecule has 0 bridgehead atoms. The normalized spacial score (nSPS) is 11.6. The number of nitrogens with zero attached hydrogens (tertiary/aromatic N) is 2. The number of carbonyl (C=O) groups is 2. The summed E-state index contributed by atoms with van der Waals surface area (Å²) in [5.41, 5.74) is 16.1. The number of carbonyl (C=O) groups excluding carboxylic acids is 2. The lowest BCUT2D eigenvalue weighted by molar-refractivity contribution is 0.0989. The van der Waals surface area contributed by atoms with Gasteiger partial charge in [0.25, 0.3) is 0 Å². The molecule has 2 aliphatic rings. The first kappa shape index (κ1) is 46.2. The van der Waals surface area contributed by atoms with Crippen molar-refractivity contribution < 1.29 is 28.5 Å². The number of ketones is 2. The van der Waals surface area contributed by atoms with E-state index in [4.69, 9.17) is 24.7 Å². The summed E-state index contributed by atoms with van der Waals surface area (Å²) in [6.45, 7) is 2.89. The standard InChI is InChI=1S/C25H19N3O3.C17H16O3.C8H9Br.I2/c1-30-17-12-10-15(11-13-17)14-31-19-9-5-8-18-20(19)23-21(24(18)29)22(27-25(26)28-23)16-6-3-2-4-7-16;1-19-14-8-5-12(6-9-14)11-20-16-4-2-3-13-7-10-15(18)17(13)16;1-7-2-4-8(6-9)5-3-7;1-2/h2-13H,14H2,1H3,(H2,26,27,28);2-6,8-9H,7,10-11H2,1H3;2-5H,6H2,1H3;. The minimum atomic E-state index is -0.126.